The van der Waals surface area contributed by atoms with Gasteiger partial charge >= 0.3 is 0 Å². The zero-order valence-electron chi connectivity index (χ0n) is 17.0. The average Bonchev–Trinajstić information content (AvgIpc) is 2.44. The highest BCUT2D eigenvalue weighted by Crippen LogP contribution is 2.24. The third-order valence-corrected chi connectivity index (χ3v) is 3.49. The molecule has 3 N–H and O–H groups in total. The molecule has 144 valence electrons. The molecule has 0 aliphatic carbocycles. The van der Waals surface area contributed by atoms with Crippen molar-refractivity contribution in [2.45, 2.75) is 61.4 Å². The van der Waals surface area contributed by atoms with Crippen LogP contribution in [0, 0.1) is 10.8 Å². The highest BCUT2D eigenvalue weighted by Gasteiger charge is 2.24. The summed E-state index contributed by atoms with van der Waals surface area (Å²) < 4.78 is 0. The van der Waals surface area contributed by atoms with E-state index in [1.54, 1.807) is 59.7 Å². The lowest BCUT2D eigenvalue weighted by atomic mass is 9.95. The number of hydrogen-bond acceptors (Lipinski definition) is 3. The van der Waals surface area contributed by atoms with Crippen molar-refractivity contribution in [2.24, 2.45) is 10.8 Å². The summed E-state index contributed by atoms with van der Waals surface area (Å²) in [6.45, 7) is 14.6. The summed E-state index contributed by atoms with van der Waals surface area (Å²) in [5, 5.41) is 8.44. The van der Waals surface area contributed by atoms with Gasteiger partial charge in [0.2, 0.25) is 11.8 Å². The second kappa shape index (κ2) is 7.89. The molecule has 3 amide bonds. The minimum atomic E-state index is -0.578. The van der Waals surface area contributed by atoms with E-state index in [2.05, 4.69) is 16.0 Å². The number of anilines is 2. The van der Waals surface area contributed by atoms with Crippen LogP contribution in [0.15, 0.2) is 18.2 Å². The molecule has 1 aromatic rings. The number of carbonyl (C=O) groups is 3. The van der Waals surface area contributed by atoms with Crippen molar-refractivity contribution < 1.29 is 14.4 Å². The number of benzene rings is 1. The van der Waals surface area contributed by atoms with E-state index in [1.807, 2.05) is 13.8 Å². The predicted molar refractivity (Wildman–Crippen MR) is 105 cm³/mol. The molecule has 1 aromatic carbocycles. The molecule has 0 radical (unpaired) electrons. The molecule has 1 rings (SSSR count). The van der Waals surface area contributed by atoms with Crippen LogP contribution in [0.2, 0.25) is 0 Å². The largest absolute Gasteiger partial charge is 0.350 e. The molecule has 0 aliphatic heterocycles. The Kier molecular flexibility index (Phi) is 6.58. The molecule has 0 atom stereocenters. The van der Waals surface area contributed by atoms with E-state index in [0.29, 0.717) is 16.9 Å². The van der Waals surface area contributed by atoms with E-state index < -0.39 is 10.8 Å². The highest BCUT2D eigenvalue weighted by atomic mass is 16.2. The van der Waals surface area contributed by atoms with Crippen molar-refractivity contribution in [3.05, 3.63) is 23.8 Å². The minimum absolute atomic E-state index is 0.0251. The Morgan fingerprint density at radius 1 is 0.769 bits per heavy atom. The fourth-order valence-corrected chi connectivity index (χ4v) is 1.89. The van der Waals surface area contributed by atoms with E-state index in [0.717, 1.165) is 0 Å². The second-order valence-corrected chi connectivity index (χ2v) is 8.84. The Morgan fingerprint density at radius 2 is 1.15 bits per heavy atom. The first kappa shape index (κ1) is 21.7. The van der Waals surface area contributed by atoms with E-state index >= 15 is 0 Å². The predicted octanol–water partition coefficient (Wildman–Crippen LogP) is 3.79. The fourth-order valence-electron chi connectivity index (χ4n) is 1.89. The lowest BCUT2D eigenvalue weighted by molar-refractivity contribution is -0.123. The lowest BCUT2D eigenvalue weighted by Crippen LogP contribution is -2.31. The van der Waals surface area contributed by atoms with Gasteiger partial charge in [-0.15, -0.1) is 0 Å². The van der Waals surface area contributed by atoms with Gasteiger partial charge in [-0.05, 0) is 32.0 Å². The van der Waals surface area contributed by atoms with Gasteiger partial charge in [-0.2, -0.15) is 0 Å². The van der Waals surface area contributed by atoms with Crippen LogP contribution in [0.25, 0.3) is 0 Å². The number of carbonyl (C=O) groups excluding carboxylic acids is 3. The summed E-state index contributed by atoms with van der Waals surface area (Å²) in [5.74, 6) is -0.614. The molecule has 0 bridgehead atoms. The maximum absolute atomic E-state index is 12.4. The van der Waals surface area contributed by atoms with Gasteiger partial charge in [0.1, 0.15) is 0 Å². The summed E-state index contributed by atoms with van der Waals surface area (Å²) in [4.78, 5) is 37.0. The Labute approximate surface area is 156 Å². The highest BCUT2D eigenvalue weighted by molar-refractivity contribution is 6.02. The van der Waals surface area contributed by atoms with Gasteiger partial charge in [-0.1, -0.05) is 41.5 Å². The standard InChI is InChI=1S/C20H31N3O3/c1-12(2)21-16(24)13-9-14(22-17(25)19(3,4)5)11-15(10-13)23-18(26)20(6,7)8/h9-12H,1-8H3,(H,21,24)(H,22,25)(H,23,26). The molecule has 0 fully saturated rings. The normalized spacial score (nSPS) is 11.9. The van der Waals surface area contributed by atoms with Gasteiger partial charge < -0.3 is 16.0 Å². The van der Waals surface area contributed by atoms with Crippen molar-refractivity contribution in [3.8, 4) is 0 Å². The van der Waals surface area contributed by atoms with Crippen LogP contribution in [0.5, 0.6) is 0 Å². The van der Waals surface area contributed by atoms with E-state index in [-0.39, 0.29) is 23.8 Å². The minimum Gasteiger partial charge on any atom is -0.350 e. The van der Waals surface area contributed by atoms with Crippen molar-refractivity contribution in [1.29, 1.82) is 0 Å². The Morgan fingerprint density at radius 3 is 1.46 bits per heavy atom. The van der Waals surface area contributed by atoms with Crippen LogP contribution in [0.1, 0.15) is 65.7 Å². The van der Waals surface area contributed by atoms with Crippen LogP contribution in [0.3, 0.4) is 0 Å². The van der Waals surface area contributed by atoms with E-state index in [1.165, 1.54) is 0 Å². The first-order valence-electron chi connectivity index (χ1n) is 8.79. The molecule has 26 heavy (non-hydrogen) atoms. The van der Waals surface area contributed by atoms with Crippen LogP contribution < -0.4 is 16.0 Å². The van der Waals surface area contributed by atoms with Crippen LogP contribution >= 0.6 is 0 Å². The van der Waals surface area contributed by atoms with Gasteiger partial charge in [0.25, 0.3) is 5.91 Å². The van der Waals surface area contributed by atoms with Crippen molar-refractivity contribution >= 4 is 29.1 Å². The Bertz CT molecular complexity index is 649. The first-order valence-corrected chi connectivity index (χ1v) is 8.79. The quantitative estimate of drug-likeness (QED) is 0.762. The number of amides is 3. The van der Waals surface area contributed by atoms with Crippen molar-refractivity contribution in [3.63, 3.8) is 0 Å². The molecule has 0 saturated carbocycles. The molecular formula is C20H31N3O3. The molecule has 6 heteroatoms. The summed E-state index contributed by atoms with van der Waals surface area (Å²) >= 11 is 0. The molecule has 0 aliphatic rings. The maximum atomic E-state index is 12.4. The second-order valence-electron chi connectivity index (χ2n) is 8.84. The first-order chi connectivity index (χ1) is 11.7. The van der Waals surface area contributed by atoms with Crippen LogP contribution in [-0.4, -0.2) is 23.8 Å². The molecule has 0 spiro atoms. The number of nitrogens with one attached hydrogen (secondary N) is 3. The van der Waals surface area contributed by atoms with Gasteiger partial charge in [0.15, 0.2) is 0 Å². The van der Waals surface area contributed by atoms with Gasteiger partial charge in [-0.3, -0.25) is 14.4 Å². The van der Waals surface area contributed by atoms with Crippen molar-refractivity contribution in [1.82, 2.24) is 5.32 Å². The van der Waals surface area contributed by atoms with Gasteiger partial charge in [0.05, 0.1) is 0 Å². The number of rotatable bonds is 4. The van der Waals surface area contributed by atoms with Gasteiger partial charge in [0, 0.05) is 33.8 Å². The van der Waals surface area contributed by atoms with E-state index in [9.17, 15) is 14.4 Å². The summed E-state index contributed by atoms with van der Waals surface area (Å²) in [7, 11) is 0. The molecule has 0 heterocycles. The average molecular weight is 361 g/mol. The van der Waals surface area contributed by atoms with Crippen LogP contribution in [-0.2, 0) is 9.59 Å². The smallest absolute Gasteiger partial charge is 0.251 e. The van der Waals surface area contributed by atoms with Crippen LogP contribution in [0.4, 0.5) is 11.4 Å². The van der Waals surface area contributed by atoms with Gasteiger partial charge in [-0.25, -0.2) is 0 Å². The fraction of sp³-hybridized carbons (Fsp3) is 0.550. The molecule has 0 aromatic heterocycles. The molecule has 6 nitrogen and oxygen atoms in total. The summed E-state index contributed by atoms with van der Waals surface area (Å²) in [6, 6.07) is 4.84. The number of hydrogen-bond donors (Lipinski definition) is 3. The SMILES string of the molecule is CC(C)NC(=O)c1cc(NC(=O)C(C)(C)C)cc(NC(=O)C(C)(C)C)c1. The zero-order chi connectivity index (χ0) is 20.3. The molecule has 0 saturated heterocycles. The lowest BCUT2D eigenvalue weighted by Gasteiger charge is -2.21. The van der Waals surface area contributed by atoms with E-state index in [4.69, 9.17) is 0 Å². The zero-order valence-corrected chi connectivity index (χ0v) is 17.0. The summed E-state index contributed by atoms with van der Waals surface area (Å²) in [6.07, 6.45) is 0. The maximum Gasteiger partial charge on any atom is 0.251 e. The van der Waals surface area contributed by atoms with Crippen molar-refractivity contribution in [2.75, 3.05) is 10.6 Å². The molecule has 0 unspecified atom stereocenters. The third kappa shape index (κ3) is 6.50. The topological polar surface area (TPSA) is 87.3 Å². The Balaban J connectivity index is 3.24. The summed E-state index contributed by atoms with van der Waals surface area (Å²) in [5.41, 5.74) is 0.140. The molecular weight excluding hydrogens is 330 g/mol. The monoisotopic (exact) mass is 361 g/mol. The third-order valence-electron chi connectivity index (χ3n) is 3.49. The Hall–Kier alpha value is -2.37.